The molecule has 0 atom stereocenters. The highest BCUT2D eigenvalue weighted by atomic mass is 35.5. The van der Waals surface area contributed by atoms with Gasteiger partial charge in [-0.3, -0.25) is 0 Å². The quantitative estimate of drug-likeness (QED) is 0.701. The van der Waals surface area contributed by atoms with Gasteiger partial charge in [0.15, 0.2) is 0 Å². The van der Waals surface area contributed by atoms with Crippen LogP contribution in [0.4, 0.5) is 0 Å². The molecule has 0 aromatic carbocycles. The van der Waals surface area contributed by atoms with Gasteiger partial charge < -0.3 is 0 Å². The molecule has 0 saturated heterocycles. The fourth-order valence-corrected chi connectivity index (χ4v) is 1.57. The molecule has 1 aliphatic rings. The molecule has 0 radical (unpaired) electrons. The van der Waals surface area contributed by atoms with Crippen molar-refractivity contribution in [3.05, 3.63) is 22.7 Å². The lowest BCUT2D eigenvalue weighted by atomic mass is 10.1. The van der Waals surface area contributed by atoms with Crippen molar-refractivity contribution in [2.75, 3.05) is 0 Å². The molecule has 0 bridgehead atoms. The van der Waals surface area contributed by atoms with E-state index in [0.717, 1.165) is 18.0 Å². The molecule has 3 heteroatoms. The Kier molecular flexibility index (Phi) is 4.33. The molecule has 1 heterocycles. The first-order valence-electron chi connectivity index (χ1n) is 5.32. The van der Waals surface area contributed by atoms with Crippen LogP contribution >= 0.6 is 11.6 Å². The lowest BCUT2D eigenvalue weighted by Gasteiger charge is -2.03. The van der Waals surface area contributed by atoms with E-state index >= 15 is 0 Å². The van der Waals surface area contributed by atoms with E-state index in [1.54, 1.807) is 0 Å². The Morgan fingerprint density at radius 2 is 2.07 bits per heavy atom. The Morgan fingerprint density at radius 3 is 2.57 bits per heavy atom. The Balaban J connectivity index is 0.000000461. The summed E-state index contributed by atoms with van der Waals surface area (Å²) in [5.41, 5.74) is 2.43. The van der Waals surface area contributed by atoms with E-state index < -0.39 is 0 Å². The van der Waals surface area contributed by atoms with Crippen molar-refractivity contribution in [3.8, 4) is 0 Å². The maximum atomic E-state index is 5.70. The fourth-order valence-electron chi connectivity index (χ4n) is 1.42. The van der Waals surface area contributed by atoms with Crippen LogP contribution in [0.15, 0.2) is 6.20 Å². The van der Waals surface area contributed by atoms with Crippen molar-refractivity contribution in [1.82, 2.24) is 9.97 Å². The molecule has 1 aliphatic carbocycles. The highest BCUT2D eigenvalue weighted by Gasteiger charge is 2.26. The average Bonchev–Trinajstić information content (AvgIpc) is 3.04. The van der Waals surface area contributed by atoms with Crippen molar-refractivity contribution < 1.29 is 0 Å². The second-order valence-electron chi connectivity index (χ2n) is 3.17. The van der Waals surface area contributed by atoms with E-state index in [2.05, 4.69) is 16.9 Å². The van der Waals surface area contributed by atoms with Crippen LogP contribution in [0.1, 0.15) is 50.8 Å². The van der Waals surface area contributed by atoms with E-state index in [1.165, 1.54) is 18.4 Å². The zero-order valence-corrected chi connectivity index (χ0v) is 9.80. The maximum Gasteiger partial charge on any atom is 0.222 e. The molecule has 0 spiro atoms. The van der Waals surface area contributed by atoms with Gasteiger partial charge in [0.25, 0.3) is 0 Å². The molecule has 2 nitrogen and oxygen atoms in total. The average molecular weight is 213 g/mol. The summed E-state index contributed by atoms with van der Waals surface area (Å²) in [4.78, 5) is 8.21. The third kappa shape index (κ3) is 2.68. The first kappa shape index (κ1) is 11.4. The van der Waals surface area contributed by atoms with Crippen molar-refractivity contribution in [1.29, 1.82) is 0 Å². The largest absolute Gasteiger partial charge is 0.226 e. The molecule has 1 aromatic heterocycles. The number of rotatable bonds is 2. The molecule has 1 fully saturated rings. The van der Waals surface area contributed by atoms with Crippen LogP contribution in [0.2, 0.25) is 5.28 Å². The third-order valence-electron chi connectivity index (χ3n) is 2.22. The maximum absolute atomic E-state index is 5.70. The topological polar surface area (TPSA) is 25.8 Å². The zero-order chi connectivity index (χ0) is 10.6. The summed E-state index contributed by atoms with van der Waals surface area (Å²) in [5.74, 6) is 0.720. The van der Waals surface area contributed by atoms with E-state index in [-0.39, 0.29) is 0 Å². The van der Waals surface area contributed by atoms with E-state index in [9.17, 15) is 0 Å². The lowest BCUT2D eigenvalue weighted by Crippen LogP contribution is -1.97. The summed E-state index contributed by atoms with van der Waals surface area (Å²) in [5, 5.41) is 0.372. The summed E-state index contributed by atoms with van der Waals surface area (Å²) in [7, 11) is 0. The minimum atomic E-state index is 0.372. The summed E-state index contributed by atoms with van der Waals surface area (Å²) in [6.45, 7) is 6.10. The van der Waals surface area contributed by atoms with E-state index in [4.69, 9.17) is 11.6 Å². The predicted molar refractivity (Wildman–Crippen MR) is 59.7 cm³/mol. The molecule has 2 rings (SSSR count). The minimum Gasteiger partial charge on any atom is -0.226 e. The van der Waals surface area contributed by atoms with Gasteiger partial charge in [-0.25, -0.2) is 9.97 Å². The van der Waals surface area contributed by atoms with Crippen molar-refractivity contribution in [3.63, 3.8) is 0 Å². The van der Waals surface area contributed by atoms with Crippen LogP contribution in [-0.2, 0) is 6.42 Å². The first-order valence-corrected chi connectivity index (χ1v) is 5.70. The van der Waals surface area contributed by atoms with Gasteiger partial charge in [-0.2, -0.15) is 0 Å². The lowest BCUT2D eigenvalue weighted by molar-refractivity contribution is 0.924. The molecule has 1 saturated carbocycles. The number of hydrogen-bond acceptors (Lipinski definition) is 2. The normalized spacial score (nSPS) is 14.6. The molecular formula is C11H17ClN2. The van der Waals surface area contributed by atoms with Gasteiger partial charge in [0.05, 0.1) is 0 Å². The second-order valence-corrected chi connectivity index (χ2v) is 3.51. The summed E-state index contributed by atoms with van der Waals surface area (Å²) in [6, 6.07) is 0. The Morgan fingerprint density at radius 1 is 1.43 bits per heavy atom. The minimum absolute atomic E-state index is 0.372. The van der Waals surface area contributed by atoms with Crippen LogP contribution in [-0.4, -0.2) is 9.97 Å². The van der Waals surface area contributed by atoms with Crippen molar-refractivity contribution in [2.24, 2.45) is 0 Å². The highest BCUT2D eigenvalue weighted by molar-refractivity contribution is 6.28. The predicted octanol–water partition coefficient (Wildman–Crippen LogP) is 3.60. The van der Waals surface area contributed by atoms with Gasteiger partial charge in [-0.1, -0.05) is 20.8 Å². The first-order chi connectivity index (χ1) is 6.81. The molecule has 78 valence electrons. The summed E-state index contributed by atoms with van der Waals surface area (Å²) >= 11 is 5.70. The molecule has 0 unspecified atom stereocenters. The molecule has 0 amide bonds. The molecular weight excluding hydrogens is 196 g/mol. The number of aromatic nitrogens is 2. The highest BCUT2D eigenvalue weighted by Crippen LogP contribution is 2.41. The third-order valence-corrected chi connectivity index (χ3v) is 2.40. The van der Waals surface area contributed by atoms with Crippen LogP contribution in [0.3, 0.4) is 0 Å². The number of aryl methyl sites for hydroxylation is 1. The standard InChI is InChI=1S/C9H11ClN2.C2H6/c1-2-8-7(6-3-4-6)5-11-9(10)12-8;1-2/h5-6H,2-4H2,1H3;1-2H3. The van der Waals surface area contributed by atoms with Crippen LogP contribution in [0.5, 0.6) is 0 Å². The molecule has 14 heavy (non-hydrogen) atoms. The van der Waals surface area contributed by atoms with Gasteiger partial charge in [0.2, 0.25) is 5.28 Å². The van der Waals surface area contributed by atoms with Crippen molar-refractivity contribution >= 4 is 11.6 Å². The summed E-state index contributed by atoms with van der Waals surface area (Å²) in [6.07, 6.45) is 5.41. The van der Waals surface area contributed by atoms with Crippen LogP contribution < -0.4 is 0 Å². The van der Waals surface area contributed by atoms with Crippen LogP contribution in [0.25, 0.3) is 0 Å². The number of halogens is 1. The zero-order valence-electron chi connectivity index (χ0n) is 9.05. The Bertz CT molecular complexity index is 295. The van der Waals surface area contributed by atoms with Gasteiger partial charge in [-0.05, 0) is 42.3 Å². The smallest absolute Gasteiger partial charge is 0.222 e. The molecule has 0 aliphatic heterocycles. The van der Waals surface area contributed by atoms with Gasteiger partial charge >= 0.3 is 0 Å². The second kappa shape index (κ2) is 5.30. The number of hydrogen-bond donors (Lipinski definition) is 0. The van der Waals surface area contributed by atoms with Gasteiger partial charge in [-0.15, -0.1) is 0 Å². The van der Waals surface area contributed by atoms with Crippen LogP contribution in [0, 0.1) is 0 Å². The monoisotopic (exact) mass is 212 g/mol. The Labute approximate surface area is 90.7 Å². The van der Waals surface area contributed by atoms with Crippen molar-refractivity contribution in [2.45, 2.75) is 46.0 Å². The fraction of sp³-hybridized carbons (Fsp3) is 0.636. The molecule has 0 N–H and O–H groups in total. The number of nitrogens with zero attached hydrogens (tertiary/aromatic N) is 2. The Hall–Kier alpha value is -0.630. The van der Waals surface area contributed by atoms with E-state index in [1.807, 2.05) is 20.0 Å². The van der Waals surface area contributed by atoms with Gasteiger partial charge in [0, 0.05) is 11.9 Å². The SMILES string of the molecule is CC.CCc1nc(Cl)ncc1C1CC1. The van der Waals surface area contributed by atoms with E-state index in [0.29, 0.717) is 5.28 Å². The molecule has 1 aromatic rings. The summed E-state index contributed by atoms with van der Waals surface area (Å²) < 4.78 is 0. The van der Waals surface area contributed by atoms with Gasteiger partial charge in [0.1, 0.15) is 0 Å².